The smallest absolute Gasteiger partial charge is 0.322 e. The zero-order chi connectivity index (χ0) is 21.9. The van der Waals surface area contributed by atoms with Crippen LogP contribution in [0.4, 0.5) is 10.5 Å². The second-order valence-corrected chi connectivity index (χ2v) is 8.87. The molecule has 2 aliphatic rings. The maximum absolute atomic E-state index is 13.0. The van der Waals surface area contributed by atoms with Crippen molar-refractivity contribution in [2.45, 2.75) is 38.1 Å². The third-order valence-electron chi connectivity index (χ3n) is 6.91. The maximum Gasteiger partial charge on any atom is 0.322 e. The third kappa shape index (κ3) is 4.28. The normalized spacial score (nSPS) is 19.9. The minimum Gasteiger partial charge on any atom is -0.359 e. The number of likely N-dealkylation sites (tertiary alicyclic amines) is 2. The van der Waals surface area contributed by atoms with Gasteiger partial charge in [-0.3, -0.25) is 4.90 Å². The van der Waals surface area contributed by atoms with Gasteiger partial charge in [0, 0.05) is 24.7 Å². The molecule has 0 radical (unpaired) electrons. The molecule has 3 heterocycles. The van der Waals surface area contributed by atoms with Gasteiger partial charge < -0.3 is 14.7 Å². The lowest BCUT2D eigenvalue weighted by atomic mass is 9.89. The van der Waals surface area contributed by atoms with E-state index in [1.165, 1.54) is 18.4 Å². The maximum atomic E-state index is 13.0. The number of aryl methyl sites for hydroxylation is 1. The first-order valence-electron chi connectivity index (χ1n) is 11.6. The van der Waals surface area contributed by atoms with E-state index < -0.39 is 0 Å². The lowest BCUT2D eigenvalue weighted by molar-refractivity contribution is 0.153. The Morgan fingerprint density at radius 3 is 2.38 bits per heavy atom. The zero-order valence-electron chi connectivity index (χ0n) is 18.5. The summed E-state index contributed by atoms with van der Waals surface area (Å²) in [5.74, 6) is 1.28. The molecule has 166 valence electrons. The van der Waals surface area contributed by atoms with Crippen LogP contribution in [-0.2, 0) is 0 Å². The number of anilines is 1. The highest BCUT2D eigenvalue weighted by Crippen LogP contribution is 2.32. The summed E-state index contributed by atoms with van der Waals surface area (Å²) in [6.07, 6.45) is 3.40. The summed E-state index contributed by atoms with van der Waals surface area (Å²) in [4.78, 5) is 17.5. The van der Waals surface area contributed by atoms with Crippen molar-refractivity contribution in [1.82, 2.24) is 15.0 Å². The monoisotopic (exact) mass is 430 g/mol. The SMILES string of the molecule is Cc1onc(-c2ccccc2)c1NC(=O)N1CCC(N2CCC(c3ccccc3)CC2)C1. The molecular formula is C26H30N4O2. The van der Waals surface area contributed by atoms with Crippen molar-refractivity contribution in [3.63, 3.8) is 0 Å². The number of carbonyl (C=O) groups excluding carboxylic acids is 1. The van der Waals surface area contributed by atoms with Crippen LogP contribution in [0.2, 0.25) is 0 Å². The lowest BCUT2D eigenvalue weighted by Gasteiger charge is -2.36. The van der Waals surface area contributed by atoms with E-state index in [0.29, 0.717) is 29.1 Å². The van der Waals surface area contributed by atoms with Crippen molar-refractivity contribution in [3.8, 4) is 11.3 Å². The van der Waals surface area contributed by atoms with Crippen LogP contribution in [0.25, 0.3) is 11.3 Å². The van der Waals surface area contributed by atoms with E-state index >= 15 is 0 Å². The molecule has 0 saturated carbocycles. The number of benzene rings is 2. The Labute approximate surface area is 189 Å². The molecule has 2 amide bonds. The van der Waals surface area contributed by atoms with Crippen molar-refractivity contribution in [2.75, 3.05) is 31.5 Å². The van der Waals surface area contributed by atoms with Crippen LogP contribution in [0.15, 0.2) is 65.2 Å². The molecule has 6 nitrogen and oxygen atoms in total. The average Bonchev–Trinajstić information content (AvgIpc) is 3.48. The number of hydrogen-bond acceptors (Lipinski definition) is 4. The van der Waals surface area contributed by atoms with Gasteiger partial charge in [-0.2, -0.15) is 0 Å². The molecule has 0 aliphatic carbocycles. The standard InChI is InChI=1S/C26H30N4O2/c1-19-24(25(28-32-19)22-10-6-3-7-11-22)27-26(31)30-17-14-23(18-30)29-15-12-21(13-16-29)20-8-4-2-5-9-20/h2-11,21,23H,12-18H2,1H3,(H,27,31). The van der Waals surface area contributed by atoms with E-state index in [1.807, 2.05) is 42.2 Å². The minimum absolute atomic E-state index is 0.0739. The zero-order valence-corrected chi connectivity index (χ0v) is 18.5. The highest BCUT2D eigenvalue weighted by molar-refractivity contribution is 5.94. The van der Waals surface area contributed by atoms with Gasteiger partial charge in [-0.1, -0.05) is 65.8 Å². The first-order chi connectivity index (χ1) is 15.7. The van der Waals surface area contributed by atoms with E-state index in [-0.39, 0.29) is 6.03 Å². The Morgan fingerprint density at radius 2 is 1.66 bits per heavy atom. The first kappa shape index (κ1) is 20.8. The van der Waals surface area contributed by atoms with Gasteiger partial charge in [0.05, 0.1) is 0 Å². The van der Waals surface area contributed by atoms with Crippen LogP contribution in [0.5, 0.6) is 0 Å². The van der Waals surface area contributed by atoms with Crippen molar-refractivity contribution in [1.29, 1.82) is 0 Å². The summed E-state index contributed by atoms with van der Waals surface area (Å²) in [5, 5.41) is 7.23. The van der Waals surface area contributed by atoms with Gasteiger partial charge in [0.1, 0.15) is 11.4 Å². The Kier molecular flexibility index (Phi) is 5.95. The molecule has 1 unspecified atom stereocenters. The number of rotatable bonds is 4. The molecule has 0 spiro atoms. The van der Waals surface area contributed by atoms with E-state index in [9.17, 15) is 4.79 Å². The Balaban J connectivity index is 1.18. The van der Waals surface area contributed by atoms with Crippen LogP contribution in [0.3, 0.4) is 0 Å². The lowest BCUT2D eigenvalue weighted by Crippen LogP contribution is -2.43. The molecule has 6 heteroatoms. The topological polar surface area (TPSA) is 61.6 Å². The summed E-state index contributed by atoms with van der Waals surface area (Å²) in [5.41, 5.74) is 3.72. The number of hydrogen-bond donors (Lipinski definition) is 1. The molecule has 32 heavy (non-hydrogen) atoms. The van der Waals surface area contributed by atoms with Gasteiger partial charge >= 0.3 is 6.03 Å². The fourth-order valence-electron chi connectivity index (χ4n) is 5.05. The van der Waals surface area contributed by atoms with E-state index in [2.05, 4.69) is 45.7 Å². The molecule has 2 saturated heterocycles. The quantitative estimate of drug-likeness (QED) is 0.623. The van der Waals surface area contributed by atoms with Gasteiger partial charge in [0.25, 0.3) is 0 Å². The number of nitrogens with one attached hydrogen (secondary N) is 1. The molecule has 0 bridgehead atoms. The summed E-state index contributed by atoms with van der Waals surface area (Å²) >= 11 is 0. The fourth-order valence-corrected chi connectivity index (χ4v) is 5.05. The third-order valence-corrected chi connectivity index (χ3v) is 6.91. The van der Waals surface area contributed by atoms with Crippen molar-refractivity contribution in [3.05, 3.63) is 72.0 Å². The molecular weight excluding hydrogens is 400 g/mol. The van der Waals surface area contributed by atoms with Crippen LogP contribution >= 0.6 is 0 Å². The summed E-state index contributed by atoms with van der Waals surface area (Å²) in [7, 11) is 0. The van der Waals surface area contributed by atoms with Crippen LogP contribution in [0, 0.1) is 6.92 Å². The first-order valence-corrected chi connectivity index (χ1v) is 11.6. The highest BCUT2D eigenvalue weighted by atomic mass is 16.5. The average molecular weight is 431 g/mol. The van der Waals surface area contributed by atoms with E-state index in [1.54, 1.807) is 0 Å². The van der Waals surface area contributed by atoms with E-state index in [0.717, 1.165) is 38.2 Å². The largest absolute Gasteiger partial charge is 0.359 e. The molecule has 2 aromatic carbocycles. The van der Waals surface area contributed by atoms with Gasteiger partial charge in [-0.25, -0.2) is 4.79 Å². The second kappa shape index (κ2) is 9.17. The Bertz CT molecular complexity index is 1040. The Hall–Kier alpha value is -3.12. The molecule has 2 aliphatic heterocycles. The number of aromatic nitrogens is 1. The van der Waals surface area contributed by atoms with Crippen molar-refractivity contribution >= 4 is 11.7 Å². The Morgan fingerprint density at radius 1 is 0.969 bits per heavy atom. The number of amides is 2. The van der Waals surface area contributed by atoms with Gasteiger partial charge in [0.15, 0.2) is 5.76 Å². The summed E-state index contributed by atoms with van der Waals surface area (Å²) in [6, 6.07) is 21.0. The second-order valence-electron chi connectivity index (χ2n) is 8.87. The van der Waals surface area contributed by atoms with Gasteiger partial charge in [0.2, 0.25) is 0 Å². The molecule has 3 aromatic rings. The van der Waals surface area contributed by atoms with Crippen LogP contribution < -0.4 is 5.32 Å². The van der Waals surface area contributed by atoms with Crippen LogP contribution in [-0.4, -0.2) is 53.2 Å². The van der Waals surface area contributed by atoms with E-state index in [4.69, 9.17) is 4.52 Å². The molecule has 1 aromatic heterocycles. The van der Waals surface area contributed by atoms with Crippen LogP contribution in [0.1, 0.15) is 36.5 Å². The minimum atomic E-state index is -0.0739. The molecule has 1 atom stereocenters. The van der Waals surface area contributed by atoms with Crippen molar-refractivity contribution in [2.24, 2.45) is 0 Å². The van der Waals surface area contributed by atoms with Crippen molar-refractivity contribution < 1.29 is 9.32 Å². The molecule has 2 fully saturated rings. The van der Waals surface area contributed by atoms with Gasteiger partial charge in [-0.15, -0.1) is 0 Å². The summed E-state index contributed by atoms with van der Waals surface area (Å²) in [6.45, 7) is 5.58. The van der Waals surface area contributed by atoms with Gasteiger partial charge in [-0.05, 0) is 50.8 Å². The predicted octanol–water partition coefficient (Wildman–Crippen LogP) is 5.14. The predicted molar refractivity (Wildman–Crippen MR) is 126 cm³/mol. The number of piperidine rings is 1. The molecule has 1 N–H and O–H groups in total. The summed E-state index contributed by atoms with van der Waals surface area (Å²) < 4.78 is 5.38. The number of carbonyl (C=O) groups is 1. The number of nitrogens with zero attached hydrogens (tertiary/aromatic N) is 3. The molecule has 5 rings (SSSR count). The number of urea groups is 1. The fraction of sp³-hybridized carbons (Fsp3) is 0.385. The highest BCUT2D eigenvalue weighted by Gasteiger charge is 2.33.